The average Bonchev–Trinajstić information content (AvgIpc) is 2.89. The van der Waals surface area contributed by atoms with E-state index in [1.807, 2.05) is 0 Å². The van der Waals surface area contributed by atoms with Crippen molar-refractivity contribution >= 4 is 27.3 Å². The van der Waals surface area contributed by atoms with Crippen LogP contribution in [0.3, 0.4) is 0 Å². The summed E-state index contributed by atoms with van der Waals surface area (Å²) in [6.45, 7) is 4.14. The van der Waals surface area contributed by atoms with Crippen LogP contribution in [0.25, 0.3) is 0 Å². The average molecular weight is 387 g/mol. The molecule has 2 aliphatic rings. The van der Waals surface area contributed by atoms with Crippen LogP contribution in [0.15, 0.2) is 18.2 Å². The molecule has 2 atom stereocenters. The molecule has 3 rings (SSSR count). The van der Waals surface area contributed by atoms with Crippen molar-refractivity contribution in [3.63, 3.8) is 0 Å². The van der Waals surface area contributed by atoms with Crippen molar-refractivity contribution in [1.82, 2.24) is 9.80 Å². The molecule has 1 aromatic carbocycles. The molecule has 2 saturated heterocycles. The minimum atomic E-state index is -3.14. The third kappa shape index (κ3) is 3.78. The van der Waals surface area contributed by atoms with Gasteiger partial charge >= 0.3 is 0 Å². The van der Waals surface area contributed by atoms with Crippen LogP contribution in [0.5, 0.6) is 5.75 Å². The van der Waals surface area contributed by atoms with Crippen molar-refractivity contribution in [2.24, 2.45) is 0 Å². The molecular formula is C17H23ClN2O4S. The molecule has 0 unspecified atom stereocenters. The van der Waals surface area contributed by atoms with Crippen molar-refractivity contribution in [2.75, 3.05) is 38.2 Å². The number of hydrogen-bond donors (Lipinski definition) is 0. The molecule has 25 heavy (non-hydrogen) atoms. The molecule has 0 aromatic heterocycles. The molecular weight excluding hydrogens is 364 g/mol. The summed E-state index contributed by atoms with van der Waals surface area (Å²) >= 11 is 6.08. The number of carbonyl (C=O) groups excluding carboxylic acids is 1. The number of methoxy groups -OCH3 is 1. The number of nitrogens with zero attached hydrogens (tertiary/aromatic N) is 2. The van der Waals surface area contributed by atoms with Gasteiger partial charge in [-0.3, -0.25) is 9.69 Å². The molecule has 6 nitrogen and oxygen atoms in total. The SMILES string of the molecule is CCCN1CCN(C(=O)c2cc(Cl)cc(OC)c2)[C@@H]2CS(=O)(=O)C[C@@H]21. The van der Waals surface area contributed by atoms with Gasteiger partial charge in [0.1, 0.15) is 5.75 Å². The lowest BCUT2D eigenvalue weighted by molar-refractivity contribution is 0.0333. The molecule has 138 valence electrons. The number of carbonyl (C=O) groups is 1. The molecule has 0 radical (unpaired) electrons. The summed E-state index contributed by atoms with van der Waals surface area (Å²) in [6, 6.07) is 4.46. The second kappa shape index (κ2) is 7.13. The minimum absolute atomic E-state index is 0.0291. The van der Waals surface area contributed by atoms with Crippen LogP contribution in [-0.4, -0.2) is 74.5 Å². The van der Waals surface area contributed by atoms with Crippen LogP contribution in [0, 0.1) is 0 Å². The van der Waals surface area contributed by atoms with Crippen LogP contribution in [0.1, 0.15) is 23.7 Å². The van der Waals surface area contributed by atoms with Gasteiger partial charge in [-0.2, -0.15) is 0 Å². The molecule has 0 aliphatic carbocycles. The highest BCUT2D eigenvalue weighted by atomic mass is 35.5. The largest absolute Gasteiger partial charge is 0.497 e. The van der Waals surface area contributed by atoms with Gasteiger partial charge in [0, 0.05) is 29.7 Å². The van der Waals surface area contributed by atoms with Gasteiger partial charge in [-0.15, -0.1) is 0 Å². The molecule has 2 fully saturated rings. The molecule has 2 heterocycles. The highest BCUT2D eigenvalue weighted by Gasteiger charge is 2.47. The zero-order chi connectivity index (χ0) is 18.2. The van der Waals surface area contributed by atoms with Crippen molar-refractivity contribution < 1.29 is 17.9 Å². The number of ether oxygens (including phenoxy) is 1. The van der Waals surface area contributed by atoms with E-state index in [9.17, 15) is 13.2 Å². The van der Waals surface area contributed by atoms with Crippen molar-refractivity contribution in [3.8, 4) is 5.75 Å². The van der Waals surface area contributed by atoms with Crippen molar-refractivity contribution in [3.05, 3.63) is 28.8 Å². The van der Waals surface area contributed by atoms with E-state index in [1.54, 1.807) is 23.1 Å². The number of amides is 1. The first-order valence-electron chi connectivity index (χ1n) is 8.44. The van der Waals surface area contributed by atoms with Crippen LogP contribution < -0.4 is 4.74 Å². The van der Waals surface area contributed by atoms with E-state index in [4.69, 9.17) is 16.3 Å². The Kier molecular flexibility index (Phi) is 5.27. The van der Waals surface area contributed by atoms with Crippen LogP contribution in [-0.2, 0) is 9.84 Å². The fourth-order valence-electron chi connectivity index (χ4n) is 3.81. The van der Waals surface area contributed by atoms with Gasteiger partial charge in [0.15, 0.2) is 9.84 Å². The lowest BCUT2D eigenvalue weighted by atomic mass is 10.0. The second-order valence-electron chi connectivity index (χ2n) is 6.63. The van der Waals surface area contributed by atoms with Gasteiger partial charge in [0.2, 0.25) is 0 Å². The predicted octanol–water partition coefficient (Wildman–Crippen LogP) is 1.68. The summed E-state index contributed by atoms with van der Waals surface area (Å²) in [7, 11) is -1.62. The summed E-state index contributed by atoms with van der Waals surface area (Å²) < 4.78 is 29.6. The fraction of sp³-hybridized carbons (Fsp3) is 0.588. The number of hydrogen-bond acceptors (Lipinski definition) is 5. The monoisotopic (exact) mass is 386 g/mol. The highest BCUT2D eigenvalue weighted by molar-refractivity contribution is 7.91. The Labute approximate surface area is 153 Å². The number of rotatable bonds is 4. The maximum absolute atomic E-state index is 13.0. The van der Waals surface area contributed by atoms with Gasteiger partial charge in [0.05, 0.1) is 24.7 Å². The Morgan fingerprint density at radius 2 is 1.96 bits per heavy atom. The van der Waals surface area contributed by atoms with E-state index in [0.717, 1.165) is 13.0 Å². The van der Waals surface area contributed by atoms with Gasteiger partial charge in [-0.1, -0.05) is 18.5 Å². The minimum Gasteiger partial charge on any atom is -0.497 e. The summed E-state index contributed by atoms with van der Waals surface area (Å²) in [5, 5.41) is 0.419. The first kappa shape index (κ1) is 18.5. The standard InChI is InChI=1S/C17H23ClN2O4S/c1-3-4-19-5-6-20(16-11-25(22,23)10-15(16)19)17(21)12-7-13(18)9-14(8-12)24-2/h7-9,15-16H,3-6,10-11H2,1-2H3/t15-,16+/m0/s1. The summed E-state index contributed by atoms with van der Waals surface area (Å²) in [6.07, 6.45) is 0.961. The maximum atomic E-state index is 13.0. The van der Waals surface area contributed by atoms with E-state index in [0.29, 0.717) is 29.4 Å². The summed E-state index contributed by atoms with van der Waals surface area (Å²) in [5.74, 6) is 0.474. The molecule has 0 spiro atoms. The van der Waals surface area contributed by atoms with Gasteiger partial charge in [0.25, 0.3) is 5.91 Å². The molecule has 0 bridgehead atoms. The number of piperazine rings is 1. The molecule has 2 aliphatic heterocycles. The zero-order valence-corrected chi connectivity index (χ0v) is 16.0. The second-order valence-corrected chi connectivity index (χ2v) is 9.22. The number of fused-ring (bicyclic) bond motifs is 1. The molecule has 8 heteroatoms. The Balaban J connectivity index is 1.89. The van der Waals surface area contributed by atoms with Crippen molar-refractivity contribution in [1.29, 1.82) is 0 Å². The lowest BCUT2D eigenvalue weighted by Crippen LogP contribution is -2.60. The Hall–Kier alpha value is -1.31. The van der Waals surface area contributed by atoms with E-state index >= 15 is 0 Å². The van der Waals surface area contributed by atoms with E-state index < -0.39 is 9.84 Å². The molecule has 0 N–H and O–H groups in total. The van der Waals surface area contributed by atoms with Gasteiger partial charge in [-0.25, -0.2) is 8.42 Å². The molecule has 1 amide bonds. The van der Waals surface area contributed by atoms with Gasteiger partial charge in [-0.05, 0) is 31.2 Å². The number of benzene rings is 1. The molecule has 1 aromatic rings. The normalized spacial score (nSPS) is 25.6. The topological polar surface area (TPSA) is 66.9 Å². The van der Waals surface area contributed by atoms with Gasteiger partial charge < -0.3 is 9.64 Å². The lowest BCUT2D eigenvalue weighted by Gasteiger charge is -2.44. The summed E-state index contributed by atoms with van der Waals surface area (Å²) in [4.78, 5) is 16.9. The third-order valence-electron chi connectivity index (χ3n) is 4.92. The fourth-order valence-corrected chi connectivity index (χ4v) is 6.05. The van der Waals surface area contributed by atoms with Crippen molar-refractivity contribution in [2.45, 2.75) is 25.4 Å². The Morgan fingerprint density at radius 1 is 1.24 bits per heavy atom. The predicted molar refractivity (Wildman–Crippen MR) is 97.1 cm³/mol. The first-order chi connectivity index (χ1) is 11.8. The van der Waals surface area contributed by atoms with E-state index in [-0.39, 0.29) is 29.5 Å². The smallest absolute Gasteiger partial charge is 0.254 e. The maximum Gasteiger partial charge on any atom is 0.254 e. The summed E-state index contributed by atoms with van der Waals surface area (Å²) in [5.41, 5.74) is 0.427. The zero-order valence-electron chi connectivity index (χ0n) is 14.4. The Morgan fingerprint density at radius 3 is 2.64 bits per heavy atom. The molecule has 0 saturated carbocycles. The van der Waals surface area contributed by atoms with Crippen LogP contribution in [0.2, 0.25) is 5.02 Å². The number of halogens is 1. The van der Waals surface area contributed by atoms with Crippen LogP contribution >= 0.6 is 11.6 Å². The van der Waals surface area contributed by atoms with E-state index in [1.165, 1.54) is 7.11 Å². The Bertz CT molecular complexity index is 768. The number of sulfone groups is 1. The third-order valence-corrected chi connectivity index (χ3v) is 6.83. The van der Waals surface area contributed by atoms with E-state index in [2.05, 4.69) is 11.8 Å². The van der Waals surface area contributed by atoms with Crippen LogP contribution in [0.4, 0.5) is 0 Å². The highest BCUT2D eigenvalue weighted by Crippen LogP contribution is 2.29. The quantitative estimate of drug-likeness (QED) is 0.787. The first-order valence-corrected chi connectivity index (χ1v) is 10.6.